The number of hydrogen-bond acceptors (Lipinski definition) is 7. The van der Waals surface area contributed by atoms with Crippen LogP contribution in [-0.4, -0.2) is 31.5 Å². The number of rotatable bonds is 5. The maximum absolute atomic E-state index is 12.9. The summed E-state index contributed by atoms with van der Waals surface area (Å²) >= 11 is 2.37. The molecule has 0 saturated heterocycles. The van der Waals surface area contributed by atoms with Gasteiger partial charge < -0.3 is 10.4 Å². The van der Waals surface area contributed by atoms with Gasteiger partial charge in [0.25, 0.3) is 5.56 Å². The monoisotopic (exact) mass is 378 g/mol. The van der Waals surface area contributed by atoms with Crippen molar-refractivity contribution >= 4 is 49.9 Å². The van der Waals surface area contributed by atoms with Crippen molar-refractivity contribution in [2.45, 2.75) is 26.3 Å². The van der Waals surface area contributed by atoms with Gasteiger partial charge in [0.1, 0.15) is 17.2 Å². The van der Waals surface area contributed by atoms with E-state index < -0.39 is 17.4 Å². The quantitative estimate of drug-likeness (QED) is 0.704. The van der Waals surface area contributed by atoms with E-state index in [2.05, 4.69) is 15.3 Å². The molecule has 0 aliphatic rings. The van der Waals surface area contributed by atoms with Crippen LogP contribution >= 0.6 is 22.7 Å². The molecule has 0 fully saturated rings. The van der Waals surface area contributed by atoms with Gasteiger partial charge in [0.05, 0.1) is 10.9 Å². The lowest BCUT2D eigenvalue weighted by Gasteiger charge is -2.14. The van der Waals surface area contributed by atoms with Gasteiger partial charge in [-0.25, -0.2) is 14.8 Å². The van der Waals surface area contributed by atoms with Gasteiger partial charge in [-0.15, -0.1) is 22.7 Å². The van der Waals surface area contributed by atoms with Crippen molar-refractivity contribution in [2.75, 3.05) is 5.32 Å². The predicted molar refractivity (Wildman–Crippen MR) is 95.7 cm³/mol. The molecule has 25 heavy (non-hydrogen) atoms. The van der Waals surface area contributed by atoms with Crippen LogP contribution in [0.25, 0.3) is 10.2 Å². The van der Waals surface area contributed by atoms with Crippen LogP contribution in [-0.2, 0) is 11.3 Å². The third kappa shape index (κ3) is 3.30. The molecule has 3 aromatic rings. The summed E-state index contributed by atoms with van der Waals surface area (Å²) < 4.78 is 1.23. The summed E-state index contributed by atoms with van der Waals surface area (Å²) in [5.74, 6) is -1.29. The van der Waals surface area contributed by atoms with Crippen LogP contribution in [0.3, 0.4) is 0 Å². The number of aromatic nitrogens is 3. The lowest BCUT2D eigenvalue weighted by molar-refractivity contribution is -0.116. The van der Waals surface area contributed by atoms with Gasteiger partial charge in [-0.3, -0.25) is 14.2 Å². The number of anilines is 1. The number of nitrogens with one attached hydrogen (secondary N) is 1. The van der Waals surface area contributed by atoms with Crippen molar-refractivity contribution in [3.63, 3.8) is 0 Å². The first-order valence-electron chi connectivity index (χ1n) is 7.33. The third-order valence-electron chi connectivity index (χ3n) is 3.45. The van der Waals surface area contributed by atoms with Gasteiger partial charge in [-0.05, 0) is 0 Å². The summed E-state index contributed by atoms with van der Waals surface area (Å²) in [6, 6.07) is 0. The van der Waals surface area contributed by atoms with Gasteiger partial charge in [0.15, 0.2) is 5.13 Å². The van der Waals surface area contributed by atoms with Gasteiger partial charge in [-0.1, -0.05) is 13.8 Å². The van der Waals surface area contributed by atoms with Crippen LogP contribution in [0.15, 0.2) is 21.8 Å². The van der Waals surface area contributed by atoms with Crippen LogP contribution in [0.5, 0.6) is 0 Å². The fraction of sp³-hybridized carbons (Fsp3) is 0.267. The number of carboxylic acids is 1. The van der Waals surface area contributed by atoms with Gasteiger partial charge in [-0.2, -0.15) is 0 Å². The molecular formula is C15H14N4O4S2. The molecule has 0 radical (unpaired) electrons. The van der Waals surface area contributed by atoms with E-state index in [0.717, 1.165) is 11.3 Å². The van der Waals surface area contributed by atoms with Crippen LogP contribution < -0.4 is 10.9 Å². The summed E-state index contributed by atoms with van der Waals surface area (Å²) in [5.41, 5.74) is -0.622. The molecule has 3 aromatic heterocycles. The molecule has 0 saturated carbocycles. The first kappa shape index (κ1) is 17.2. The second-order valence-corrected chi connectivity index (χ2v) is 7.29. The average molecular weight is 378 g/mol. The van der Waals surface area contributed by atoms with Gasteiger partial charge >= 0.3 is 5.97 Å². The van der Waals surface area contributed by atoms with E-state index in [1.54, 1.807) is 11.6 Å². The normalized spacial score (nSPS) is 11.2. The van der Waals surface area contributed by atoms with Crippen LogP contribution in [0.4, 0.5) is 5.13 Å². The minimum absolute atomic E-state index is 0.0314. The fourth-order valence-electron chi connectivity index (χ4n) is 2.38. The number of thiophene rings is 1. The number of fused-ring (bicyclic) bond motifs is 1. The SMILES string of the molecule is CC(C)c1nc2scc(C(=O)O)c2c(=O)n1CC(=O)Nc1nccs1. The summed E-state index contributed by atoms with van der Waals surface area (Å²) in [4.78, 5) is 45.2. The van der Waals surface area contributed by atoms with Crippen molar-refractivity contribution < 1.29 is 14.7 Å². The highest BCUT2D eigenvalue weighted by Crippen LogP contribution is 2.24. The van der Waals surface area contributed by atoms with Crippen molar-refractivity contribution in [1.82, 2.24) is 14.5 Å². The predicted octanol–water partition coefficient (Wildman–Crippen LogP) is 2.37. The minimum atomic E-state index is -1.19. The summed E-state index contributed by atoms with van der Waals surface area (Å²) in [6.45, 7) is 3.45. The van der Waals surface area contributed by atoms with Gasteiger partial charge in [0, 0.05) is 22.9 Å². The maximum atomic E-state index is 12.9. The fourth-order valence-corrected chi connectivity index (χ4v) is 3.83. The molecule has 0 aliphatic carbocycles. The number of amides is 1. The first-order valence-corrected chi connectivity index (χ1v) is 9.09. The zero-order chi connectivity index (χ0) is 18.1. The number of hydrogen-bond donors (Lipinski definition) is 2. The number of thiazole rings is 1. The largest absolute Gasteiger partial charge is 0.478 e. The molecular weight excluding hydrogens is 364 g/mol. The smallest absolute Gasteiger partial charge is 0.337 e. The Morgan fingerprint density at radius 1 is 1.36 bits per heavy atom. The summed E-state index contributed by atoms with van der Waals surface area (Å²) in [7, 11) is 0. The van der Waals surface area contributed by atoms with E-state index in [4.69, 9.17) is 0 Å². The van der Waals surface area contributed by atoms with E-state index in [-0.39, 0.29) is 23.4 Å². The molecule has 0 aromatic carbocycles. The van der Waals surface area contributed by atoms with Crippen molar-refractivity contribution in [3.8, 4) is 0 Å². The van der Waals surface area contributed by atoms with E-state index in [0.29, 0.717) is 15.8 Å². The van der Waals surface area contributed by atoms with Crippen molar-refractivity contribution in [3.05, 3.63) is 38.7 Å². The van der Waals surface area contributed by atoms with Crippen molar-refractivity contribution in [1.29, 1.82) is 0 Å². The Kier molecular flexibility index (Phi) is 4.64. The molecule has 0 bridgehead atoms. The highest BCUT2D eigenvalue weighted by molar-refractivity contribution is 7.17. The molecule has 130 valence electrons. The second-order valence-electron chi connectivity index (χ2n) is 5.54. The van der Waals surface area contributed by atoms with Crippen LogP contribution in [0.2, 0.25) is 0 Å². The highest BCUT2D eigenvalue weighted by Gasteiger charge is 2.22. The highest BCUT2D eigenvalue weighted by atomic mass is 32.1. The molecule has 0 unspecified atom stereocenters. The van der Waals surface area contributed by atoms with E-state index in [9.17, 15) is 19.5 Å². The Morgan fingerprint density at radius 2 is 2.12 bits per heavy atom. The number of carboxylic acid groups (broad SMARTS) is 1. The Labute approximate surface area is 149 Å². The number of aromatic carboxylic acids is 1. The zero-order valence-corrected chi connectivity index (χ0v) is 15.0. The van der Waals surface area contributed by atoms with E-state index >= 15 is 0 Å². The minimum Gasteiger partial charge on any atom is -0.478 e. The molecule has 1 amide bonds. The van der Waals surface area contributed by atoms with Crippen LogP contribution in [0, 0.1) is 0 Å². The van der Waals surface area contributed by atoms with Gasteiger partial charge in [0.2, 0.25) is 5.91 Å². The molecule has 0 spiro atoms. The molecule has 3 heterocycles. The lowest BCUT2D eigenvalue weighted by atomic mass is 10.2. The topological polar surface area (TPSA) is 114 Å². The number of carbonyl (C=O) groups excluding carboxylic acids is 1. The van der Waals surface area contributed by atoms with Crippen LogP contribution in [0.1, 0.15) is 35.9 Å². The number of nitrogens with zero attached hydrogens (tertiary/aromatic N) is 3. The molecule has 0 atom stereocenters. The summed E-state index contributed by atoms with van der Waals surface area (Å²) in [5, 5.41) is 15.5. The Balaban J connectivity index is 2.08. The van der Waals surface area contributed by atoms with E-state index in [1.165, 1.54) is 21.3 Å². The molecule has 2 N–H and O–H groups in total. The Hall–Kier alpha value is -2.59. The first-order chi connectivity index (χ1) is 11.9. The molecule has 8 nitrogen and oxygen atoms in total. The molecule has 10 heteroatoms. The Bertz CT molecular complexity index is 1000. The lowest BCUT2D eigenvalue weighted by Crippen LogP contribution is -2.31. The molecule has 0 aliphatic heterocycles. The Morgan fingerprint density at radius 3 is 2.72 bits per heavy atom. The third-order valence-corrected chi connectivity index (χ3v) is 5.01. The maximum Gasteiger partial charge on any atom is 0.337 e. The standard InChI is InChI=1S/C15H14N4O4S2/c1-7(2)11-18-12-10(8(6-25-12)14(22)23)13(21)19(11)5-9(20)17-15-16-3-4-24-15/h3-4,6-7H,5H2,1-2H3,(H,22,23)(H,16,17,20). The van der Waals surface area contributed by atoms with Crippen molar-refractivity contribution in [2.24, 2.45) is 0 Å². The molecule has 3 rings (SSSR count). The second kappa shape index (κ2) is 6.73. The summed E-state index contributed by atoms with van der Waals surface area (Å²) in [6.07, 6.45) is 1.56. The zero-order valence-electron chi connectivity index (χ0n) is 13.3. The number of carbonyl (C=O) groups is 2. The average Bonchev–Trinajstić information content (AvgIpc) is 3.18. The van der Waals surface area contributed by atoms with E-state index in [1.807, 2.05) is 13.8 Å².